The van der Waals surface area contributed by atoms with Crippen LogP contribution in [0.2, 0.25) is 0 Å². The molecule has 12 atom stereocenters. The predicted molar refractivity (Wildman–Crippen MR) is 341 cm³/mol. The van der Waals surface area contributed by atoms with Gasteiger partial charge < -0.3 is 49.7 Å². The van der Waals surface area contributed by atoms with Crippen molar-refractivity contribution in [3.05, 3.63) is 12.2 Å². The van der Waals surface area contributed by atoms with Crippen LogP contribution in [0.25, 0.3) is 0 Å². The van der Waals surface area contributed by atoms with Crippen LogP contribution in [0.3, 0.4) is 0 Å². The van der Waals surface area contributed by atoms with Gasteiger partial charge in [0.15, 0.2) is 23.1 Å². The smallest absolute Gasteiger partial charge is 0.329 e. The number of carboxylic acids is 1. The molecule has 0 aromatic heterocycles. The Kier molecular flexibility index (Phi) is 34.7. The van der Waals surface area contributed by atoms with Gasteiger partial charge in [0.05, 0.1) is 37.4 Å². The first-order valence-corrected chi connectivity index (χ1v) is 32.3. The van der Waals surface area contributed by atoms with Crippen LogP contribution >= 0.6 is 0 Å². The minimum absolute atomic E-state index is 0.0503. The van der Waals surface area contributed by atoms with E-state index in [-0.39, 0.29) is 88.1 Å². The molecule has 0 aromatic rings. The van der Waals surface area contributed by atoms with Gasteiger partial charge in [-0.2, -0.15) is 0 Å². The lowest BCUT2D eigenvalue weighted by Gasteiger charge is -2.38. The van der Waals surface area contributed by atoms with Gasteiger partial charge >= 0.3 is 5.97 Å². The largest absolute Gasteiger partial charge is 0.480 e. The van der Waals surface area contributed by atoms with Crippen LogP contribution in [0, 0.1) is 65.1 Å². The van der Waals surface area contributed by atoms with E-state index >= 15 is 4.79 Å². The summed E-state index contributed by atoms with van der Waals surface area (Å²) in [6.45, 7) is 27.4. The Morgan fingerprint density at radius 1 is 0.539 bits per heavy atom. The molecular weight excluding hydrogens is 1140 g/mol. The van der Waals surface area contributed by atoms with Gasteiger partial charge in [-0.1, -0.05) is 116 Å². The van der Waals surface area contributed by atoms with E-state index in [1.54, 1.807) is 60.6 Å². The number of ether oxygens (including phenoxy) is 1. The van der Waals surface area contributed by atoms with Crippen LogP contribution in [0.15, 0.2) is 12.2 Å². The lowest BCUT2D eigenvalue weighted by Crippen LogP contribution is -2.57. The Hall–Kier alpha value is -5.90. The molecule has 0 saturated carbocycles. The average molecular weight is 1260 g/mol. The summed E-state index contributed by atoms with van der Waals surface area (Å²) in [5.41, 5.74) is 0. The molecular formula is C67H115N7O15. The van der Waals surface area contributed by atoms with Gasteiger partial charge in [-0.3, -0.25) is 52.7 Å². The Balaban J connectivity index is 4.29. The molecule has 1 aliphatic rings. The third kappa shape index (κ3) is 25.0. The highest BCUT2D eigenvalue weighted by molar-refractivity contribution is 5.99. The molecule has 0 unspecified atom stereocenters. The molecule has 0 aliphatic carbocycles. The minimum atomic E-state index is -1.56. The van der Waals surface area contributed by atoms with Crippen molar-refractivity contribution >= 4 is 70.5 Å². The first kappa shape index (κ1) is 81.1. The average Bonchev–Trinajstić information content (AvgIpc) is 1.04. The van der Waals surface area contributed by atoms with Crippen molar-refractivity contribution in [2.75, 3.05) is 62.0 Å². The first-order valence-electron chi connectivity index (χ1n) is 32.3. The molecule has 0 radical (unpaired) electrons. The highest BCUT2D eigenvalue weighted by atomic mass is 16.5. The number of carboxylic acid groups (broad SMARTS) is 1. The fourth-order valence-corrected chi connectivity index (χ4v) is 11.6. The number of rotatable bonds is 19. The number of hydrogen-bond acceptors (Lipinski definition) is 14. The van der Waals surface area contributed by atoms with E-state index in [2.05, 4.69) is 5.32 Å². The summed E-state index contributed by atoms with van der Waals surface area (Å²) < 4.78 is 5.11. The maximum Gasteiger partial charge on any atom is 0.329 e. The number of aliphatic hydroxyl groups is 1. The third-order valence-electron chi connectivity index (χ3n) is 17.4. The lowest BCUT2D eigenvalue weighted by molar-refractivity contribution is -0.152. The summed E-state index contributed by atoms with van der Waals surface area (Å²) in [5.74, 6) is -13.3. The van der Waals surface area contributed by atoms with Gasteiger partial charge in [0.25, 0.3) is 0 Å². The van der Waals surface area contributed by atoms with E-state index in [1.807, 2.05) is 55.4 Å². The summed E-state index contributed by atoms with van der Waals surface area (Å²) in [6, 6.07) is -6.95. The molecule has 0 bridgehead atoms. The third-order valence-corrected chi connectivity index (χ3v) is 17.4. The highest BCUT2D eigenvalue weighted by Gasteiger charge is 2.44. The van der Waals surface area contributed by atoms with E-state index < -0.39 is 174 Å². The summed E-state index contributed by atoms with van der Waals surface area (Å²) in [7, 11) is 8.67. The number of aliphatic carboxylic acids is 1. The van der Waals surface area contributed by atoms with Gasteiger partial charge in [0.2, 0.25) is 41.4 Å². The van der Waals surface area contributed by atoms with Crippen molar-refractivity contribution in [1.29, 1.82) is 0 Å². The van der Waals surface area contributed by atoms with Gasteiger partial charge in [-0.05, 0) is 86.9 Å². The number of hydrogen-bond donors (Lipinski definition) is 3. The molecule has 22 nitrogen and oxygen atoms in total. The predicted octanol–water partition coefficient (Wildman–Crippen LogP) is 6.37. The van der Waals surface area contributed by atoms with Crippen molar-refractivity contribution in [3.63, 3.8) is 0 Å². The maximum absolute atomic E-state index is 15.1. The highest BCUT2D eigenvalue weighted by Crippen LogP contribution is 2.30. The zero-order valence-electron chi connectivity index (χ0n) is 58.1. The summed E-state index contributed by atoms with van der Waals surface area (Å²) in [6.07, 6.45) is 1.30. The normalized spacial score (nSPS) is 26.4. The first-order chi connectivity index (χ1) is 41.1. The van der Waals surface area contributed by atoms with E-state index in [1.165, 1.54) is 73.7 Å². The second-order valence-electron chi connectivity index (χ2n) is 27.7. The number of ketones is 4. The number of allylic oxidation sites excluding steroid dienone is 1. The zero-order chi connectivity index (χ0) is 68.8. The molecule has 508 valence electrons. The Bertz CT molecular complexity index is 2440. The van der Waals surface area contributed by atoms with Crippen molar-refractivity contribution < 1.29 is 72.5 Å². The van der Waals surface area contributed by atoms with Crippen molar-refractivity contribution in [2.45, 2.75) is 217 Å². The van der Waals surface area contributed by atoms with Crippen molar-refractivity contribution in [3.8, 4) is 0 Å². The van der Waals surface area contributed by atoms with E-state index in [4.69, 9.17) is 9.84 Å². The van der Waals surface area contributed by atoms with E-state index in [9.17, 15) is 57.8 Å². The quantitative estimate of drug-likeness (QED) is 0.0936. The van der Waals surface area contributed by atoms with Crippen LogP contribution in [0.1, 0.15) is 175 Å². The van der Waals surface area contributed by atoms with Crippen molar-refractivity contribution in [2.24, 2.45) is 65.1 Å². The summed E-state index contributed by atoms with van der Waals surface area (Å²) in [4.78, 5) is 179. The number of Topliss-reactive ketones (excluding diaryl/α,β-unsaturated/α-hetero) is 4. The number of aliphatic hydroxyl groups excluding tert-OH is 1. The summed E-state index contributed by atoms with van der Waals surface area (Å²) >= 11 is 0. The molecule has 0 aromatic carbocycles. The van der Waals surface area contributed by atoms with Gasteiger partial charge in [0.1, 0.15) is 24.7 Å². The fourth-order valence-electron chi connectivity index (χ4n) is 11.6. The fraction of sp³-hybridized carbons (Fsp3) is 0.791. The number of carbonyl (C=O) groups is 12. The number of likely N-dealkylation sites (N-methyl/N-ethyl adjacent to an activating group) is 6. The Morgan fingerprint density at radius 3 is 1.39 bits per heavy atom. The molecule has 7 amide bonds. The molecule has 1 heterocycles. The number of carbonyl (C=O) groups excluding carboxylic acids is 11. The van der Waals surface area contributed by atoms with Crippen LogP contribution in [0.5, 0.6) is 0 Å². The molecule has 22 heteroatoms. The van der Waals surface area contributed by atoms with Gasteiger partial charge in [-0.15, -0.1) is 0 Å². The molecule has 1 saturated heterocycles. The molecule has 1 aliphatic heterocycles. The number of nitrogens with zero attached hydrogens (tertiary/aromatic N) is 6. The van der Waals surface area contributed by atoms with Crippen LogP contribution in [-0.4, -0.2) is 214 Å². The topological polar surface area (TPSA) is 286 Å². The lowest BCUT2D eigenvalue weighted by atomic mass is 9.83. The van der Waals surface area contributed by atoms with Crippen molar-refractivity contribution in [1.82, 2.24) is 34.7 Å². The standard InChI is InChI=1S/C67H115N7O15/c1-23-47-33-57(78)60(61(82)44(14)26-24-25-27-89-37-59(80)81)74(22)66(87)49(43(12)13)35-56(77)52(30-40(6)7)72(20)67(88)53(31-41(8)9)73(21)63(84)46(16)68-62(83)45(15)32-54(75)51(29-39(4)5)71(19)65(86)48(42(10)11)34-55(76)50(28-38(2)3)70(18)58(79)36-69(17)64(47)85/h24-25,38-53,60-61,82H,23,26-37H2,1-22H3,(H,68,83)(H,80,81)/b25-24+/t44-,45-,46-,47-,48+,49+,50+,51+,52+,53+,60-,61-/m1/s1. The SMILES string of the molecule is CC[C@@H]1CC(=O)[C@H]([C@H](O)[C@H](C)C/C=C/COCC(=O)O)N(C)C(=O)[C@H](C(C)C)CC(=O)[C@H](CC(C)C)N(C)C(=O)[C@H](CC(C)C)N(C)C(=O)[C@@H](C)NC(=O)[C@H](C)CC(=O)[C@H](CC(C)C)N(C)C(=O)[C@H](C(C)C)CC(=O)[C@H](CC(C)C)N(C)C(=O)CN(C)C1=O. The van der Waals surface area contributed by atoms with Crippen LogP contribution in [0.4, 0.5) is 0 Å². The molecule has 89 heavy (non-hydrogen) atoms. The zero-order valence-corrected chi connectivity index (χ0v) is 58.1. The monoisotopic (exact) mass is 1260 g/mol. The molecule has 0 spiro atoms. The molecule has 1 fully saturated rings. The Labute approximate surface area is 532 Å². The summed E-state index contributed by atoms with van der Waals surface area (Å²) in [5, 5.41) is 24.0. The van der Waals surface area contributed by atoms with Crippen LogP contribution in [-0.2, 0) is 62.3 Å². The van der Waals surface area contributed by atoms with Crippen LogP contribution < -0.4 is 5.32 Å². The Morgan fingerprint density at radius 2 is 0.955 bits per heavy atom. The van der Waals surface area contributed by atoms with Gasteiger partial charge in [-0.25, -0.2) is 4.79 Å². The molecule has 3 N–H and O–H groups in total. The minimum Gasteiger partial charge on any atom is -0.480 e. The second kappa shape index (κ2) is 38.1. The second-order valence-corrected chi connectivity index (χ2v) is 27.7. The van der Waals surface area contributed by atoms with E-state index in [0.29, 0.717) is 0 Å². The van der Waals surface area contributed by atoms with Gasteiger partial charge in [0, 0.05) is 91.6 Å². The van der Waals surface area contributed by atoms with E-state index in [0.717, 1.165) is 4.90 Å². The maximum atomic E-state index is 15.1. The number of nitrogens with one attached hydrogen (secondary N) is 1. The molecule has 1 rings (SSSR count). The number of amides is 7.